The van der Waals surface area contributed by atoms with Crippen LogP contribution in [0.2, 0.25) is 0 Å². The maximum absolute atomic E-state index is 5.71. The van der Waals surface area contributed by atoms with Gasteiger partial charge >= 0.3 is 0 Å². The average Bonchev–Trinajstić information content (AvgIpc) is 2.83. The molecule has 0 saturated heterocycles. The van der Waals surface area contributed by atoms with Crippen molar-refractivity contribution < 1.29 is 0 Å². The lowest BCUT2D eigenvalue weighted by Gasteiger charge is -2.10. The van der Waals surface area contributed by atoms with E-state index in [0.717, 1.165) is 27.2 Å². The number of fused-ring (bicyclic) bond motifs is 1. The van der Waals surface area contributed by atoms with Gasteiger partial charge < -0.3 is 5.73 Å². The molecule has 0 saturated carbocycles. The monoisotopic (exact) mass is 284 g/mol. The smallest absolute Gasteiger partial charge is 0.203 e. The third-order valence-corrected chi connectivity index (χ3v) is 4.08. The second-order valence-corrected chi connectivity index (χ2v) is 6.20. The molecule has 20 heavy (non-hydrogen) atoms. The highest BCUT2D eigenvalue weighted by molar-refractivity contribution is 7.18. The Labute approximate surface area is 121 Å². The number of nitrogens with zero attached hydrogens (tertiary/aromatic N) is 3. The van der Waals surface area contributed by atoms with E-state index >= 15 is 0 Å². The van der Waals surface area contributed by atoms with Gasteiger partial charge in [0.25, 0.3) is 0 Å². The van der Waals surface area contributed by atoms with Gasteiger partial charge in [-0.25, -0.2) is 0 Å². The molecule has 0 aliphatic heterocycles. The lowest BCUT2D eigenvalue weighted by molar-refractivity contribution is 0.868. The molecule has 0 atom stereocenters. The predicted molar refractivity (Wildman–Crippen MR) is 83.9 cm³/mol. The third-order valence-electron chi connectivity index (χ3n) is 3.30. The summed E-state index contributed by atoms with van der Waals surface area (Å²) in [6.45, 7) is 6.36. The second-order valence-electron chi connectivity index (χ2n) is 5.19. The minimum Gasteiger partial charge on any atom is -0.374 e. The van der Waals surface area contributed by atoms with E-state index in [9.17, 15) is 0 Å². The summed E-state index contributed by atoms with van der Waals surface area (Å²) < 4.78 is 0. The standard InChI is InChI=1S/C15H16N4S/c1-8(2)10-4-5-13-11(7-10)12(6-9(3)17-13)14-18-19-15(16)20-14/h4-8H,1-3H3,(H2,16,19). The van der Waals surface area contributed by atoms with Gasteiger partial charge in [0.1, 0.15) is 5.01 Å². The van der Waals surface area contributed by atoms with Gasteiger partial charge in [0.15, 0.2) is 0 Å². The number of pyridine rings is 1. The summed E-state index contributed by atoms with van der Waals surface area (Å²) in [5, 5.41) is 10.5. The van der Waals surface area contributed by atoms with Crippen molar-refractivity contribution in [2.45, 2.75) is 26.7 Å². The topological polar surface area (TPSA) is 64.7 Å². The van der Waals surface area contributed by atoms with Gasteiger partial charge in [-0.05, 0) is 36.6 Å². The third kappa shape index (κ3) is 2.25. The Morgan fingerprint density at radius 2 is 1.95 bits per heavy atom. The Balaban J connectivity index is 2.31. The van der Waals surface area contributed by atoms with Crippen molar-refractivity contribution in [1.82, 2.24) is 15.2 Å². The summed E-state index contributed by atoms with van der Waals surface area (Å²) in [7, 11) is 0. The molecule has 5 heteroatoms. The Kier molecular flexibility index (Phi) is 3.14. The number of nitrogens with two attached hydrogens (primary N) is 1. The normalized spacial score (nSPS) is 11.4. The van der Waals surface area contributed by atoms with E-state index in [0.29, 0.717) is 11.0 Å². The zero-order chi connectivity index (χ0) is 14.3. The Morgan fingerprint density at radius 1 is 1.15 bits per heavy atom. The molecular weight excluding hydrogens is 268 g/mol. The molecule has 2 N–H and O–H groups in total. The minimum atomic E-state index is 0.480. The van der Waals surface area contributed by atoms with Gasteiger partial charge in [-0.2, -0.15) is 0 Å². The zero-order valence-corrected chi connectivity index (χ0v) is 12.5. The van der Waals surface area contributed by atoms with Gasteiger partial charge in [-0.1, -0.05) is 31.3 Å². The van der Waals surface area contributed by atoms with Crippen molar-refractivity contribution in [2.24, 2.45) is 0 Å². The molecule has 2 aromatic heterocycles. The summed E-state index contributed by atoms with van der Waals surface area (Å²) in [6.07, 6.45) is 0. The number of hydrogen-bond acceptors (Lipinski definition) is 5. The van der Waals surface area contributed by atoms with E-state index in [-0.39, 0.29) is 0 Å². The first kappa shape index (κ1) is 13.0. The molecule has 102 valence electrons. The number of aryl methyl sites for hydroxylation is 1. The summed E-state index contributed by atoms with van der Waals surface area (Å²) >= 11 is 1.41. The van der Waals surface area contributed by atoms with Gasteiger partial charge in [-0.15, -0.1) is 10.2 Å². The van der Waals surface area contributed by atoms with E-state index < -0.39 is 0 Å². The summed E-state index contributed by atoms with van der Waals surface area (Å²) in [5.41, 5.74) is 10.0. The van der Waals surface area contributed by atoms with E-state index in [1.54, 1.807) is 0 Å². The fraction of sp³-hybridized carbons (Fsp3) is 0.267. The van der Waals surface area contributed by atoms with Crippen LogP contribution in [0.5, 0.6) is 0 Å². The Hall–Kier alpha value is -2.01. The largest absolute Gasteiger partial charge is 0.374 e. The van der Waals surface area contributed by atoms with Crippen molar-refractivity contribution >= 4 is 27.4 Å². The maximum Gasteiger partial charge on any atom is 0.203 e. The van der Waals surface area contributed by atoms with E-state index in [1.165, 1.54) is 16.9 Å². The predicted octanol–water partition coefficient (Wildman–Crippen LogP) is 3.77. The molecule has 3 rings (SSSR count). The van der Waals surface area contributed by atoms with Crippen LogP contribution in [0.1, 0.15) is 31.0 Å². The number of hydrogen-bond donors (Lipinski definition) is 1. The van der Waals surface area contributed by atoms with Crippen LogP contribution in [0.4, 0.5) is 5.13 Å². The number of nitrogen functional groups attached to an aromatic ring is 1. The number of anilines is 1. The molecule has 1 aromatic carbocycles. The molecule has 4 nitrogen and oxygen atoms in total. The number of rotatable bonds is 2. The second kappa shape index (κ2) is 4.83. The quantitative estimate of drug-likeness (QED) is 0.778. The number of aromatic nitrogens is 3. The van der Waals surface area contributed by atoms with Crippen molar-refractivity contribution in [1.29, 1.82) is 0 Å². The van der Waals surface area contributed by atoms with Crippen molar-refractivity contribution in [3.63, 3.8) is 0 Å². The van der Waals surface area contributed by atoms with Gasteiger partial charge in [-0.3, -0.25) is 4.98 Å². The SMILES string of the molecule is Cc1cc(-c2nnc(N)s2)c2cc(C(C)C)ccc2n1. The summed E-state index contributed by atoms with van der Waals surface area (Å²) in [4.78, 5) is 4.59. The Morgan fingerprint density at radius 3 is 2.60 bits per heavy atom. The first-order valence-electron chi connectivity index (χ1n) is 6.55. The molecular formula is C15H16N4S. The van der Waals surface area contributed by atoms with Gasteiger partial charge in [0.05, 0.1) is 5.52 Å². The lowest BCUT2D eigenvalue weighted by Crippen LogP contribution is -1.92. The van der Waals surface area contributed by atoms with Crippen molar-refractivity contribution in [3.05, 3.63) is 35.5 Å². The van der Waals surface area contributed by atoms with Crippen LogP contribution < -0.4 is 5.73 Å². The Bertz CT molecular complexity index is 777. The maximum atomic E-state index is 5.71. The first-order chi connectivity index (χ1) is 9.54. The fourth-order valence-electron chi connectivity index (χ4n) is 2.26. The highest BCUT2D eigenvalue weighted by Crippen LogP contribution is 2.33. The molecule has 0 aliphatic rings. The van der Waals surface area contributed by atoms with Crippen LogP contribution in [-0.4, -0.2) is 15.2 Å². The summed E-state index contributed by atoms with van der Waals surface area (Å²) in [6, 6.07) is 8.45. The minimum absolute atomic E-state index is 0.480. The molecule has 0 amide bonds. The number of benzene rings is 1. The highest BCUT2D eigenvalue weighted by atomic mass is 32.1. The molecule has 0 fully saturated rings. The molecule has 2 heterocycles. The van der Waals surface area contributed by atoms with Crippen LogP contribution in [0.25, 0.3) is 21.5 Å². The van der Waals surface area contributed by atoms with E-state index in [1.807, 2.05) is 13.0 Å². The molecule has 0 radical (unpaired) electrons. The van der Waals surface area contributed by atoms with Crippen LogP contribution in [0.3, 0.4) is 0 Å². The first-order valence-corrected chi connectivity index (χ1v) is 7.37. The molecule has 3 aromatic rings. The lowest BCUT2D eigenvalue weighted by atomic mass is 9.99. The van der Waals surface area contributed by atoms with Gasteiger partial charge in [0, 0.05) is 16.6 Å². The highest BCUT2D eigenvalue weighted by Gasteiger charge is 2.12. The van der Waals surface area contributed by atoms with Crippen LogP contribution in [-0.2, 0) is 0 Å². The van der Waals surface area contributed by atoms with Crippen molar-refractivity contribution in [3.8, 4) is 10.6 Å². The van der Waals surface area contributed by atoms with Crippen LogP contribution in [0, 0.1) is 6.92 Å². The van der Waals surface area contributed by atoms with E-state index in [4.69, 9.17) is 5.73 Å². The molecule has 0 aliphatic carbocycles. The molecule has 0 spiro atoms. The summed E-state index contributed by atoms with van der Waals surface area (Å²) in [5.74, 6) is 0.480. The van der Waals surface area contributed by atoms with E-state index in [2.05, 4.69) is 47.2 Å². The molecule has 0 unspecified atom stereocenters. The molecule has 0 bridgehead atoms. The van der Waals surface area contributed by atoms with Crippen molar-refractivity contribution in [2.75, 3.05) is 5.73 Å². The van der Waals surface area contributed by atoms with Crippen LogP contribution >= 0.6 is 11.3 Å². The van der Waals surface area contributed by atoms with Crippen LogP contribution in [0.15, 0.2) is 24.3 Å². The fourth-order valence-corrected chi connectivity index (χ4v) is 2.90. The zero-order valence-electron chi connectivity index (χ0n) is 11.7. The average molecular weight is 284 g/mol. The van der Waals surface area contributed by atoms with Gasteiger partial charge in [0.2, 0.25) is 5.13 Å².